The monoisotopic (exact) mass is 264 g/mol. The number of amides is 2. The van der Waals surface area contributed by atoms with Crippen LogP contribution in [0, 0.1) is 0 Å². The second-order valence-corrected chi connectivity index (χ2v) is 4.45. The minimum atomic E-state index is -1.02. The van der Waals surface area contributed by atoms with Crippen LogP contribution in [0.15, 0.2) is 30.3 Å². The number of carboxylic acid groups (broad SMARTS) is 1. The summed E-state index contributed by atoms with van der Waals surface area (Å²) >= 11 is 0. The van der Waals surface area contributed by atoms with E-state index in [1.165, 1.54) is 18.9 Å². The summed E-state index contributed by atoms with van der Waals surface area (Å²) in [4.78, 5) is 24.0. The van der Waals surface area contributed by atoms with Crippen molar-refractivity contribution < 1.29 is 14.7 Å². The predicted octanol–water partition coefficient (Wildman–Crippen LogP) is 2.25. The largest absolute Gasteiger partial charge is 0.480 e. The molecule has 5 heteroatoms. The molecule has 0 saturated heterocycles. The van der Waals surface area contributed by atoms with E-state index in [0.29, 0.717) is 0 Å². The van der Waals surface area contributed by atoms with Crippen LogP contribution in [0.5, 0.6) is 0 Å². The molecule has 1 aromatic carbocycles. The average Bonchev–Trinajstić information content (AvgIpc) is 2.43. The Morgan fingerprint density at radius 2 is 1.89 bits per heavy atom. The van der Waals surface area contributed by atoms with E-state index in [0.717, 1.165) is 12.0 Å². The van der Waals surface area contributed by atoms with Crippen LogP contribution >= 0.6 is 0 Å². The zero-order valence-corrected chi connectivity index (χ0v) is 11.5. The van der Waals surface area contributed by atoms with Gasteiger partial charge in [0.2, 0.25) is 0 Å². The molecular weight excluding hydrogens is 244 g/mol. The molecule has 19 heavy (non-hydrogen) atoms. The fourth-order valence-corrected chi connectivity index (χ4v) is 1.70. The van der Waals surface area contributed by atoms with Crippen LogP contribution in [0.1, 0.15) is 31.9 Å². The molecule has 2 unspecified atom stereocenters. The summed E-state index contributed by atoms with van der Waals surface area (Å²) < 4.78 is 0. The van der Waals surface area contributed by atoms with Crippen LogP contribution in [0.25, 0.3) is 0 Å². The van der Waals surface area contributed by atoms with E-state index >= 15 is 0 Å². The molecule has 0 spiro atoms. The first kappa shape index (κ1) is 15.0. The lowest BCUT2D eigenvalue weighted by Gasteiger charge is -2.25. The molecule has 104 valence electrons. The molecule has 0 bridgehead atoms. The molecule has 2 N–H and O–H groups in total. The molecule has 0 aliphatic heterocycles. The van der Waals surface area contributed by atoms with Crippen molar-refractivity contribution in [3.63, 3.8) is 0 Å². The van der Waals surface area contributed by atoms with Crippen molar-refractivity contribution in [1.29, 1.82) is 0 Å². The van der Waals surface area contributed by atoms with Gasteiger partial charge in [-0.15, -0.1) is 0 Å². The first-order valence-corrected chi connectivity index (χ1v) is 6.28. The van der Waals surface area contributed by atoms with Crippen LogP contribution in [0.3, 0.4) is 0 Å². The second-order valence-electron chi connectivity index (χ2n) is 4.45. The molecule has 0 saturated carbocycles. The van der Waals surface area contributed by atoms with Crippen LogP contribution in [-0.2, 0) is 4.79 Å². The Labute approximate surface area is 113 Å². The molecule has 1 rings (SSSR count). The van der Waals surface area contributed by atoms with E-state index in [4.69, 9.17) is 5.11 Å². The van der Waals surface area contributed by atoms with Gasteiger partial charge in [-0.05, 0) is 18.9 Å². The molecule has 0 heterocycles. The number of nitrogens with zero attached hydrogens (tertiary/aromatic N) is 1. The summed E-state index contributed by atoms with van der Waals surface area (Å²) in [6, 6.07) is 8.26. The van der Waals surface area contributed by atoms with E-state index in [1.54, 1.807) is 0 Å². The van der Waals surface area contributed by atoms with Crippen LogP contribution in [-0.4, -0.2) is 35.1 Å². The predicted molar refractivity (Wildman–Crippen MR) is 72.9 cm³/mol. The van der Waals surface area contributed by atoms with E-state index < -0.39 is 12.0 Å². The number of nitrogens with one attached hydrogen (secondary N) is 1. The number of hydrogen-bond acceptors (Lipinski definition) is 2. The Hall–Kier alpha value is -2.04. The standard InChI is InChI=1S/C14H20N2O3/c1-4-12(11-8-6-5-7-9-11)15-14(19)16(3)10(2)13(17)18/h5-10,12H,4H2,1-3H3,(H,15,19)(H,17,18). The highest BCUT2D eigenvalue weighted by atomic mass is 16.4. The smallest absolute Gasteiger partial charge is 0.326 e. The third kappa shape index (κ3) is 3.98. The summed E-state index contributed by atoms with van der Waals surface area (Å²) in [7, 11) is 1.48. The van der Waals surface area contributed by atoms with E-state index in [-0.39, 0.29) is 12.1 Å². The third-order valence-electron chi connectivity index (χ3n) is 3.17. The van der Waals surface area contributed by atoms with Gasteiger partial charge in [0.15, 0.2) is 0 Å². The number of rotatable bonds is 5. The molecule has 0 aliphatic rings. The van der Waals surface area contributed by atoms with E-state index in [2.05, 4.69) is 5.32 Å². The summed E-state index contributed by atoms with van der Waals surface area (Å²) in [5, 5.41) is 11.7. The first-order valence-electron chi connectivity index (χ1n) is 6.28. The van der Waals surface area contributed by atoms with E-state index in [9.17, 15) is 9.59 Å². The Morgan fingerprint density at radius 1 is 1.32 bits per heavy atom. The molecule has 1 aromatic rings. The van der Waals surface area contributed by atoms with Crippen molar-refractivity contribution >= 4 is 12.0 Å². The maximum Gasteiger partial charge on any atom is 0.326 e. The topological polar surface area (TPSA) is 69.6 Å². The number of benzene rings is 1. The summed E-state index contributed by atoms with van der Waals surface area (Å²) in [5.41, 5.74) is 1.01. The Kier molecular flexibility index (Phi) is 5.36. The van der Waals surface area contributed by atoms with Crippen molar-refractivity contribution in [3.05, 3.63) is 35.9 Å². The van der Waals surface area contributed by atoms with E-state index in [1.807, 2.05) is 37.3 Å². The van der Waals surface area contributed by atoms with Crippen LogP contribution in [0.2, 0.25) is 0 Å². The van der Waals surface area contributed by atoms with Crippen LogP contribution < -0.4 is 5.32 Å². The van der Waals surface area contributed by atoms with Crippen molar-refractivity contribution in [2.24, 2.45) is 0 Å². The lowest BCUT2D eigenvalue weighted by Crippen LogP contribution is -2.46. The fourth-order valence-electron chi connectivity index (χ4n) is 1.70. The van der Waals surface area contributed by atoms with Crippen molar-refractivity contribution in [1.82, 2.24) is 10.2 Å². The molecule has 0 radical (unpaired) electrons. The molecule has 2 atom stereocenters. The summed E-state index contributed by atoms with van der Waals surface area (Å²) in [6.07, 6.45) is 0.741. The third-order valence-corrected chi connectivity index (χ3v) is 3.17. The normalized spacial score (nSPS) is 13.4. The molecule has 0 fully saturated rings. The van der Waals surface area contributed by atoms with Gasteiger partial charge in [0, 0.05) is 7.05 Å². The molecular formula is C14H20N2O3. The average molecular weight is 264 g/mol. The number of hydrogen-bond donors (Lipinski definition) is 2. The lowest BCUT2D eigenvalue weighted by molar-refractivity contribution is -0.141. The maximum atomic E-state index is 12.0. The Bertz CT molecular complexity index is 434. The molecule has 0 aromatic heterocycles. The number of carbonyl (C=O) groups excluding carboxylic acids is 1. The highest BCUT2D eigenvalue weighted by Crippen LogP contribution is 2.16. The Morgan fingerprint density at radius 3 is 2.37 bits per heavy atom. The number of likely N-dealkylation sites (N-methyl/N-ethyl adjacent to an activating group) is 1. The Balaban J connectivity index is 2.71. The van der Waals surface area contributed by atoms with Crippen molar-refractivity contribution in [2.45, 2.75) is 32.4 Å². The van der Waals surface area contributed by atoms with Gasteiger partial charge in [-0.25, -0.2) is 9.59 Å². The fraction of sp³-hybridized carbons (Fsp3) is 0.429. The summed E-state index contributed by atoms with van der Waals surface area (Å²) in [5.74, 6) is -1.02. The van der Waals surface area contributed by atoms with Gasteiger partial charge in [-0.3, -0.25) is 0 Å². The molecule has 5 nitrogen and oxygen atoms in total. The first-order chi connectivity index (χ1) is 8.97. The van der Waals surface area contributed by atoms with Crippen molar-refractivity contribution in [2.75, 3.05) is 7.05 Å². The quantitative estimate of drug-likeness (QED) is 0.857. The number of carboxylic acids is 1. The van der Waals surface area contributed by atoms with Gasteiger partial charge < -0.3 is 15.3 Å². The highest BCUT2D eigenvalue weighted by Gasteiger charge is 2.23. The number of urea groups is 1. The number of aliphatic carboxylic acids is 1. The van der Waals surface area contributed by atoms with Gasteiger partial charge in [0.25, 0.3) is 0 Å². The molecule has 0 aliphatic carbocycles. The van der Waals surface area contributed by atoms with Gasteiger partial charge in [-0.1, -0.05) is 37.3 Å². The van der Waals surface area contributed by atoms with Crippen LogP contribution in [0.4, 0.5) is 4.79 Å². The number of carbonyl (C=O) groups is 2. The lowest BCUT2D eigenvalue weighted by atomic mass is 10.1. The van der Waals surface area contributed by atoms with Gasteiger partial charge in [0.05, 0.1) is 6.04 Å². The second kappa shape index (κ2) is 6.78. The zero-order chi connectivity index (χ0) is 14.4. The van der Waals surface area contributed by atoms with Gasteiger partial charge in [0.1, 0.15) is 6.04 Å². The maximum absolute atomic E-state index is 12.0. The minimum absolute atomic E-state index is 0.114. The van der Waals surface area contributed by atoms with Crippen molar-refractivity contribution in [3.8, 4) is 0 Å². The summed E-state index contributed by atoms with van der Waals surface area (Å²) in [6.45, 7) is 3.45. The zero-order valence-electron chi connectivity index (χ0n) is 11.5. The minimum Gasteiger partial charge on any atom is -0.480 e. The molecule has 2 amide bonds. The SMILES string of the molecule is CCC(NC(=O)N(C)C(C)C(=O)O)c1ccccc1. The van der Waals surface area contributed by atoms with Gasteiger partial charge in [-0.2, -0.15) is 0 Å². The highest BCUT2D eigenvalue weighted by molar-refractivity contribution is 5.82. The van der Waals surface area contributed by atoms with Gasteiger partial charge >= 0.3 is 12.0 Å².